The Bertz CT molecular complexity index is 1810. The lowest BCUT2D eigenvalue weighted by Gasteiger charge is -2.31. The highest BCUT2D eigenvalue weighted by Gasteiger charge is 2.66. The van der Waals surface area contributed by atoms with Gasteiger partial charge in [0.1, 0.15) is 0 Å². The van der Waals surface area contributed by atoms with Crippen molar-refractivity contribution in [2.24, 2.45) is 5.92 Å². The molecule has 13 nitrogen and oxygen atoms in total. The third-order valence-corrected chi connectivity index (χ3v) is 13.6. The van der Waals surface area contributed by atoms with E-state index in [4.69, 9.17) is 4.74 Å². The number of hydrogen-bond donors (Lipinski definition) is 5. The first kappa shape index (κ1) is 36.3. The standard InChI is InChI=1S/C37H49FN8O5Si/c1-23-33(52(2,3)38)32(13-17-45-22-27(14-18-47)43-44-45)51-37(23)28-20-26(42-35(49)30-10-6-16-40-30)11-12-31(28)46(36(37)50)21-24-7-4-8-25(19-24)41-34(48)29-9-5-15-39-29/h4,7-8,11-12,19-20,22-23,29-30,32-33,39-40,47H,5-6,9-10,13-18,21H2,1-3H3,(H,41,48)(H,42,49)/t23-,29+,30+,32+,33-,37+/m0/s1. The van der Waals surface area contributed by atoms with Gasteiger partial charge in [-0.15, -0.1) is 5.10 Å². The van der Waals surface area contributed by atoms with E-state index in [-0.39, 0.29) is 43.0 Å². The summed E-state index contributed by atoms with van der Waals surface area (Å²) < 4.78 is 25.1. The molecule has 4 aliphatic heterocycles. The number of hydrogen-bond acceptors (Lipinski definition) is 9. The van der Waals surface area contributed by atoms with Gasteiger partial charge in [0, 0.05) is 54.2 Å². The molecule has 0 unspecified atom stereocenters. The maximum absolute atomic E-state index is 16.5. The molecule has 2 aromatic carbocycles. The first-order valence-corrected chi connectivity index (χ1v) is 21.4. The molecule has 0 aliphatic carbocycles. The normalized spacial score (nSPS) is 27.1. The molecule has 1 aromatic heterocycles. The van der Waals surface area contributed by atoms with E-state index in [1.807, 2.05) is 43.3 Å². The minimum Gasteiger partial charge on any atom is -0.396 e. The molecule has 15 heteroatoms. The summed E-state index contributed by atoms with van der Waals surface area (Å²) in [5, 5.41) is 30.1. The van der Waals surface area contributed by atoms with Crippen LogP contribution in [0.3, 0.4) is 0 Å². The van der Waals surface area contributed by atoms with E-state index in [9.17, 15) is 14.7 Å². The van der Waals surface area contributed by atoms with Crippen LogP contribution in [-0.4, -0.2) is 84.1 Å². The number of aliphatic hydroxyl groups excluding tert-OH is 1. The van der Waals surface area contributed by atoms with Gasteiger partial charge in [-0.05, 0) is 94.2 Å². The molecule has 0 saturated carbocycles. The van der Waals surface area contributed by atoms with Crippen molar-refractivity contribution in [2.45, 2.75) is 101 Å². The fourth-order valence-electron chi connectivity index (χ4n) is 8.69. The van der Waals surface area contributed by atoms with E-state index < -0.39 is 31.6 Å². The molecule has 3 aromatic rings. The molecule has 4 aliphatic rings. The van der Waals surface area contributed by atoms with Crippen molar-refractivity contribution in [3.63, 3.8) is 0 Å². The average Bonchev–Trinajstić information content (AvgIpc) is 3.95. The largest absolute Gasteiger partial charge is 0.396 e. The van der Waals surface area contributed by atoms with Crippen LogP contribution in [0.5, 0.6) is 0 Å². The van der Waals surface area contributed by atoms with Crippen LogP contribution in [-0.2, 0) is 44.2 Å². The summed E-state index contributed by atoms with van der Waals surface area (Å²) in [5.41, 5.74) is 1.89. The van der Waals surface area contributed by atoms with E-state index in [0.29, 0.717) is 47.7 Å². The number of benzene rings is 2. The highest BCUT2D eigenvalue weighted by molar-refractivity contribution is 6.72. The number of amides is 3. The number of aromatic nitrogens is 3. The van der Waals surface area contributed by atoms with E-state index in [1.54, 1.807) is 34.9 Å². The van der Waals surface area contributed by atoms with Crippen LogP contribution in [0.15, 0.2) is 48.7 Å². The highest BCUT2D eigenvalue weighted by Crippen LogP contribution is 2.60. The summed E-state index contributed by atoms with van der Waals surface area (Å²) in [5.74, 6) is -1.02. The molecule has 5 N–H and O–H groups in total. The molecule has 7 rings (SSSR count). The summed E-state index contributed by atoms with van der Waals surface area (Å²) >= 11 is 0. The number of carbonyl (C=O) groups excluding carboxylic acids is 3. The molecule has 5 heterocycles. The van der Waals surface area contributed by atoms with Crippen molar-refractivity contribution >= 4 is 43.2 Å². The van der Waals surface area contributed by atoms with Crippen molar-refractivity contribution in [3.05, 3.63) is 65.5 Å². The number of nitrogens with zero attached hydrogens (tertiary/aromatic N) is 4. The van der Waals surface area contributed by atoms with Crippen LogP contribution >= 0.6 is 0 Å². The molecule has 278 valence electrons. The Morgan fingerprint density at radius 2 is 1.75 bits per heavy atom. The highest BCUT2D eigenvalue weighted by atomic mass is 28.4. The van der Waals surface area contributed by atoms with Crippen LogP contribution in [0.1, 0.15) is 55.8 Å². The smallest absolute Gasteiger partial charge is 0.264 e. The minimum atomic E-state index is -3.43. The summed E-state index contributed by atoms with van der Waals surface area (Å²) in [7, 11) is -3.43. The fourth-order valence-corrected chi connectivity index (χ4v) is 11.2. The predicted octanol–water partition coefficient (Wildman–Crippen LogP) is 3.61. The quantitative estimate of drug-likeness (QED) is 0.138. The van der Waals surface area contributed by atoms with Crippen molar-refractivity contribution in [2.75, 3.05) is 35.2 Å². The van der Waals surface area contributed by atoms with Crippen LogP contribution in [0.4, 0.5) is 21.2 Å². The van der Waals surface area contributed by atoms with E-state index >= 15 is 8.90 Å². The number of aliphatic hydroxyl groups is 1. The maximum atomic E-state index is 16.5. The Hall–Kier alpha value is -4.02. The van der Waals surface area contributed by atoms with Gasteiger partial charge in [0.2, 0.25) is 20.2 Å². The van der Waals surface area contributed by atoms with Crippen LogP contribution < -0.4 is 26.2 Å². The van der Waals surface area contributed by atoms with Crippen molar-refractivity contribution in [3.8, 4) is 0 Å². The Balaban J connectivity index is 1.21. The summed E-state index contributed by atoms with van der Waals surface area (Å²) in [4.78, 5) is 42.7. The Morgan fingerprint density at radius 1 is 1.06 bits per heavy atom. The van der Waals surface area contributed by atoms with Gasteiger partial charge in [0.05, 0.1) is 36.1 Å². The topological polar surface area (TPSA) is 163 Å². The van der Waals surface area contributed by atoms with E-state index in [2.05, 4.69) is 31.6 Å². The lowest BCUT2D eigenvalue weighted by Crippen LogP contribution is -2.45. The molecule has 3 saturated heterocycles. The molecular formula is C37H49FN8O5Si. The number of aryl methyl sites for hydroxylation is 1. The van der Waals surface area contributed by atoms with Gasteiger partial charge < -0.3 is 40.1 Å². The Labute approximate surface area is 304 Å². The average molecular weight is 733 g/mol. The number of anilines is 3. The van der Waals surface area contributed by atoms with Crippen molar-refractivity contribution in [1.29, 1.82) is 0 Å². The molecule has 0 radical (unpaired) electrons. The van der Waals surface area contributed by atoms with Crippen molar-refractivity contribution < 1.29 is 28.3 Å². The molecule has 6 atom stereocenters. The molecule has 0 bridgehead atoms. The number of halogens is 1. The van der Waals surface area contributed by atoms with E-state index in [1.165, 1.54) is 0 Å². The third kappa shape index (κ3) is 7.04. The van der Waals surface area contributed by atoms with Gasteiger partial charge in [-0.2, -0.15) is 0 Å². The lowest BCUT2D eigenvalue weighted by molar-refractivity contribution is -0.146. The Morgan fingerprint density at radius 3 is 2.38 bits per heavy atom. The zero-order chi connectivity index (χ0) is 36.6. The number of nitrogens with one attached hydrogen (secondary N) is 4. The van der Waals surface area contributed by atoms with Gasteiger partial charge >= 0.3 is 0 Å². The second-order valence-electron chi connectivity index (χ2n) is 15.1. The molecular weight excluding hydrogens is 684 g/mol. The minimum absolute atomic E-state index is 0.0390. The SMILES string of the molecule is C[C@H]1[C@H]([Si](C)(C)F)[C@@H](CCn2cc(CCO)nn2)O[C@]12C(=O)N(Cc1cccc(NC(=O)[C@H]3CCCN3)c1)c1ccc(NC(=O)[C@H]3CCCN3)cc12. The monoisotopic (exact) mass is 732 g/mol. The zero-order valence-corrected chi connectivity index (χ0v) is 31.0. The third-order valence-electron chi connectivity index (χ3n) is 11.1. The second-order valence-corrected chi connectivity index (χ2v) is 18.9. The van der Waals surface area contributed by atoms with Gasteiger partial charge in [0.15, 0.2) is 5.60 Å². The summed E-state index contributed by atoms with van der Waals surface area (Å²) in [6.07, 6.45) is 5.38. The van der Waals surface area contributed by atoms with Crippen LogP contribution in [0, 0.1) is 5.92 Å². The van der Waals surface area contributed by atoms with E-state index in [0.717, 1.165) is 44.3 Å². The zero-order valence-electron chi connectivity index (χ0n) is 30.0. The molecule has 3 fully saturated rings. The number of rotatable bonds is 12. The Kier molecular flexibility index (Phi) is 10.3. The summed E-state index contributed by atoms with van der Waals surface area (Å²) in [6, 6.07) is 12.4. The second kappa shape index (κ2) is 14.8. The van der Waals surface area contributed by atoms with Gasteiger partial charge in [0.25, 0.3) is 5.91 Å². The molecule has 3 amide bonds. The first-order valence-electron chi connectivity index (χ1n) is 18.5. The number of fused-ring (bicyclic) bond motifs is 2. The maximum Gasteiger partial charge on any atom is 0.264 e. The number of ether oxygens (including phenoxy) is 1. The lowest BCUT2D eigenvalue weighted by atomic mass is 9.82. The van der Waals surface area contributed by atoms with Crippen LogP contribution in [0.25, 0.3) is 0 Å². The molecule has 52 heavy (non-hydrogen) atoms. The number of carbonyl (C=O) groups is 3. The molecule has 1 spiro atoms. The van der Waals surface area contributed by atoms with Gasteiger partial charge in [-0.3, -0.25) is 19.1 Å². The van der Waals surface area contributed by atoms with Crippen LogP contribution in [0.2, 0.25) is 18.6 Å². The summed E-state index contributed by atoms with van der Waals surface area (Å²) in [6.45, 7) is 7.41. The fraction of sp³-hybridized carbons (Fsp3) is 0.541. The van der Waals surface area contributed by atoms with Gasteiger partial charge in [-0.25, -0.2) is 0 Å². The first-order chi connectivity index (χ1) is 25.0. The van der Waals surface area contributed by atoms with Gasteiger partial charge in [-0.1, -0.05) is 24.3 Å². The predicted molar refractivity (Wildman–Crippen MR) is 197 cm³/mol. The van der Waals surface area contributed by atoms with Crippen molar-refractivity contribution in [1.82, 2.24) is 25.6 Å².